The van der Waals surface area contributed by atoms with Crippen molar-refractivity contribution >= 4 is 29.0 Å². The molecule has 17 heavy (non-hydrogen) atoms. The Labute approximate surface area is 112 Å². The third kappa shape index (κ3) is 3.36. The molecule has 0 saturated heterocycles. The van der Waals surface area contributed by atoms with Crippen molar-refractivity contribution in [1.29, 1.82) is 0 Å². The summed E-state index contributed by atoms with van der Waals surface area (Å²) in [5.74, 6) is 0.470. The molecule has 0 N–H and O–H groups in total. The number of hydrogen-bond donors (Lipinski definition) is 0. The molecule has 1 aromatic rings. The monoisotopic (exact) mass is 274 g/mol. The van der Waals surface area contributed by atoms with Crippen molar-refractivity contribution in [2.75, 3.05) is 6.61 Å². The van der Waals surface area contributed by atoms with Crippen LogP contribution in [0.25, 0.3) is 0 Å². The molecule has 0 saturated carbocycles. The molecule has 0 fully saturated rings. The van der Waals surface area contributed by atoms with E-state index in [1.807, 2.05) is 27.7 Å². The summed E-state index contributed by atoms with van der Waals surface area (Å²) in [7, 11) is 0. The number of rotatable bonds is 3. The van der Waals surface area contributed by atoms with Crippen LogP contribution < -0.4 is 4.74 Å². The highest BCUT2D eigenvalue weighted by Gasteiger charge is 2.25. The van der Waals surface area contributed by atoms with Crippen LogP contribution in [0.15, 0.2) is 12.1 Å². The van der Waals surface area contributed by atoms with Crippen LogP contribution in [-0.2, 0) is 0 Å². The molecule has 0 unspecified atom stereocenters. The second-order valence-corrected chi connectivity index (χ2v) is 5.59. The number of ketones is 1. The molecule has 0 bridgehead atoms. The van der Waals surface area contributed by atoms with Crippen LogP contribution in [0.3, 0.4) is 0 Å². The number of hydrogen-bond acceptors (Lipinski definition) is 2. The van der Waals surface area contributed by atoms with Crippen molar-refractivity contribution in [3.8, 4) is 5.75 Å². The van der Waals surface area contributed by atoms with Crippen LogP contribution in [-0.4, -0.2) is 12.4 Å². The van der Waals surface area contributed by atoms with Crippen LogP contribution in [0.1, 0.15) is 38.1 Å². The highest BCUT2D eigenvalue weighted by atomic mass is 35.5. The Hall–Kier alpha value is -0.730. The quantitative estimate of drug-likeness (QED) is 0.752. The van der Waals surface area contributed by atoms with Crippen LogP contribution in [0.2, 0.25) is 10.0 Å². The molecule has 0 spiro atoms. The fourth-order valence-electron chi connectivity index (χ4n) is 1.37. The number of benzene rings is 1. The van der Waals surface area contributed by atoms with Gasteiger partial charge in [0.15, 0.2) is 5.78 Å². The first-order valence-electron chi connectivity index (χ1n) is 5.44. The zero-order valence-electron chi connectivity index (χ0n) is 10.4. The first kappa shape index (κ1) is 14.3. The van der Waals surface area contributed by atoms with Crippen LogP contribution in [0.4, 0.5) is 0 Å². The molecular formula is C13H16Cl2O2. The van der Waals surface area contributed by atoms with Crippen molar-refractivity contribution in [2.24, 2.45) is 5.41 Å². The summed E-state index contributed by atoms with van der Waals surface area (Å²) >= 11 is 12.1. The van der Waals surface area contributed by atoms with Crippen LogP contribution in [0, 0.1) is 5.41 Å². The van der Waals surface area contributed by atoms with E-state index in [1.54, 1.807) is 12.1 Å². The van der Waals surface area contributed by atoms with Crippen molar-refractivity contribution in [2.45, 2.75) is 27.7 Å². The second-order valence-electron chi connectivity index (χ2n) is 4.77. The summed E-state index contributed by atoms with van der Waals surface area (Å²) in [5.41, 5.74) is -0.0484. The number of Topliss-reactive ketones (excluding diaryl/α,β-unsaturated/α-hetero) is 1. The molecule has 0 heterocycles. The van der Waals surface area contributed by atoms with Gasteiger partial charge in [-0.3, -0.25) is 4.79 Å². The van der Waals surface area contributed by atoms with Crippen LogP contribution in [0.5, 0.6) is 5.75 Å². The van der Waals surface area contributed by atoms with Gasteiger partial charge < -0.3 is 4.74 Å². The number of ether oxygens (including phenoxy) is 1. The highest BCUT2D eigenvalue weighted by Crippen LogP contribution is 2.34. The van der Waals surface area contributed by atoms with Crippen molar-refractivity contribution in [3.63, 3.8) is 0 Å². The molecule has 4 heteroatoms. The third-order valence-electron chi connectivity index (χ3n) is 2.25. The average Bonchev–Trinajstić information content (AvgIpc) is 2.21. The molecule has 0 aliphatic heterocycles. The smallest absolute Gasteiger partial charge is 0.169 e. The Kier molecular flexibility index (Phi) is 4.45. The van der Waals surface area contributed by atoms with Crippen molar-refractivity contribution < 1.29 is 9.53 Å². The van der Waals surface area contributed by atoms with E-state index in [-0.39, 0.29) is 5.78 Å². The zero-order chi connectivity index (χ0) is 13.2. The van der Waals surface area contributed by atoms with Gasteiger partial charge in [0.2, 0.25) is 0 Å². The first-order chi connectivity index (χ1) is 7.77. The van der Waals surface area contributed by atoms with Crippen LogP contribution >= 0.6 is 23.2 Å². The van der Waals surface area contributed by atoms with E-state index in [4.69, 9.17) is 27.9 Å². The summed E-state index contributed by atoms with van der Waals surface area (Å²) in [5, 5.41) is 0.779. The minimum Gasteiger partial charge on any atom is -0.492 e. The normalized spacial score (nSPS) is 11.4. The summed E-state index contributed by atoms with van der Waals surface area (Å²) < 4.78 is 5.31. The molecule has 0 atom stereocenters. The molecule has 0 aliphatic rings. The Morgan fingerprint density at radius 2 is 1.82 bits per heavy atom. The van der Waals surface area contributed by atoms with Crippen molar-refractivity contribution in [1.82, 2.24) is 0 Å². The number of carbonyl (C=O) groups is 1. The molecule has 0 radical (unpaired) electrons. The van der Waals surface area contributed by atoms with E-state index in [9.17, 15) is 4.79 Å². The van der Waals surface area contributed by atoms with Gasteiger partial charge in [0.25, 0.3) is 0 Å². The van der Waals surface area contributed by atoms with E-state index in [2.05, 4.69) is 0 Å². The lowest BCUT2D eigenvalue weighted by molar-refractivity contribution is 0.0858. The minimum absolute atomic E-state index is 0.0348. The van der Waals surface area contributed by atoms with Gasteiger partial charge >= 0.3 is 0 Å². The Morgan fingerprint density at radius 3 is 2.29 bits per heavy atom. The van der Waals surface area contributed by atoms with E-state index in [0.29, 0.717) is 28.0 Å². The average molecular weight is 275 g/mol. The SMILES string of the molecule is CCOc1cc(Cl)c(C(=O)C(C)(C)C)cc1Cl. The second kappa shape index (κ2) is 5.28. The summed E-state index contributed by atoms with van der Waals surface area (Å²) in [6.45, 7) is 7.89. The van der Waals surface area contributed by atoms with E-state index < -0.39 is 5.41 Å². The van der Waals surface area contributed by atoms with Gasteiger partial charge in [-0.2, -0.15) is 0 Å². The number of halogens is 2. The van der Waals surface area contributed by atoms with Gasteiger partial charge in [0, 0.05) is 17.0 Å². The maximum Gasteiger partial charge on any atom is 0.169 e. The van der Waals surface area contributed by atoms with Crippen molar-refractivity contribution in [3.05, 3.63) is 27.7 Å². The molecule has 1 aromatic carbocycles. The summed E-state index contributed by atoms with van der Waals surface area (Å²) in [6, 6.07) is 3.16. The molecule has 0 aromatic heterocycles. The predicted molar refractivity (Wildman–Crippen MR) is 71.4 cm³/mol. The fraction of sp³-hybridized carbons (Fsp3) is 0.462. The molecule has 0 amide bonds. The molecule has 94 valence electrons. The summed E-state index contributed by atoms with van der Waals surface area (Å²) in [4.78, 5) is 12.1. The van der Waals surface area contributed by atoms with Gasteiger partial charge in [0.1, 0.15) is 5.75 Å². The van der Waals surface area contributed by atoms with Gasteiger partial charge in [-0.25, -0.2) is 0 Å². The standard InChI is InChI=1S/C13H16Cl2O2/c1-5-17-11-7-9(14)8(6-10(11)15)12(16)13(2,3)4/h6-7H,5H2,1-4H3. The summed E-state index contributed by atoms with van der Waals surface area (Å²) in [6.07, 6.45) is 0. The Bertz CT molecular complexity index is 434. The van der Waals surface area contributed by atoms with E-state index in [0.717, 1.165) is 0 Å². The maximum atomic E-state index is 12.1. The van der Waals surface area contributed by atoms with Gasteiger partial charge in [-0.1, -0.05) is 44.0 Å². The predicted octanol–water partition coefficient (Wildman–Crippen LogP) is 4.62. The lowest BCUT2D eigenvalue weighted by Gasteiger charge is -2.18. The lowest BCUT2D eigenvalue weighted by atomic mass is 9.86. The molecule has 0 aliphatic carbocycles. The highest BCUT2D eigenvalue weighted by molar-refractivity contribution is 6.37. The topological polar surface area (TPSA) is 26.3 Å². The maximum absolute atomic E-state index is 12.1. The fourth-order valence-corrected chi connectivity index (χ4v) is 1.83. The largest absolute Gasteiger partial charge is 0.492 e. The Balaban J connectivity index is 3.20. The molecular weight excluding hydrogens is 259 g/mol. The van der Waals surface area contributed by atoms with Gasteiger partial charge in [-0.05, 0) is 13.0 Å². The lowest BCUT2D eigenvalue weighted by Crippen LogP contribution is -2.20. The van der Waals surface area contributed by atoms with Gasteiger partial charge in [0.05, 0.1) is 16.7 Å². The molecule has 1 rings (SSSR count). The van der Waals surface area contributed by atoms with E-state index in [1.165, 1.54) is 0 Å². The third-order valence-corrected chi connectivity index (χ3v) is 2.86. The first-order valence-corrected chi connectivity index (χ1v) is 6.19. The minimum atomic E-state index is -0.486. The van der Waals surface area contributed by atoms with E-state index >= 15 is 0 Å². The zero-order valence-corrected chi connectivity index (χ0v) is 11.9. The number of carbonyl (C=O) groups excluding carboxylic acids is 1. The molecule has 2 nitrogen and oxygen atoms in total. The van der Waals surface area contributed by atoms with Gasteiger partial charge in [-0.15, -0.1) is 0 Å². The Morgan fingerprint density at radius 1 is 1.24 bits per heavy atom.